The lowest BCUT2D eigenvalue weighted by Crippen LogP contribution is -2.32. The molecule has 1 heterocycles. The van der Waals surface area contributed by atoms with E-state index in [4.69, 9.17) is 9.52 Å². The van der Waals surface area contributed by atoms with Crippen LogP contribution in [-0.2, 0) is 11.2 Å². The van der Waals surface area contributed by atoms with Gasteiger partial charge in [0.05, 0.1) is 6.42 Å². The SMILES string of the molecule is CN(c1ccc(CCC(=O)O)o1)C1CCCCC1. The maximum Gasteiger partial charge on any atom is 0.303 e. The molecule has 0 aliphatic heterocycles. The topological polar surface area (TPSA) is 53.7 Å². The number of nitrogens with zero attached hydrogens (tertiary/aromatic N) is 1. The Hall–Kier alpha value is -1.45. The second kappa shape index (κ2) is 5.94. The van der Waals surface area contributed by atoms with Crippen LogP contribution in [0.4, 0.5) is 5.88 Å². The predicted molar refractivity (Wildman–Crippen MR) is 69.9 cm³/mol. The Balaban J connectivity index is 1.93. The molecule has 4 nitrogen and oxygen atoms in total. The maximum absolute atomic E-state index is 10.5. The van der Waals surface area contributed by atoms with Gasteiger partial charge in [-0.25, -0.2) is 0 Å². The lowest BCUT2D eigenvalue weighted by molar-refractivity contribution is -0.137. The number of aryl methyl sites for hydroxylation is 1. The number of hydrogen-bond acceptors (Lipinski definition) is 3. The van der Waals surface area contributed by atoms with Crippen molar-refractivity contribution in [2.45, 2.75) is 51.0 Å². The second-order valence-corrected chi connectivity index (χ2v) is 5.04. The van der Waals surface area contributed by atoms with Crippen LogP contribution < -0.4 is 4.90 Å². The van der Waals surface area contributed by atoms with Gasteiger partial charge < -0.3 is 14.4 Å². The van der Waals surface area contributed by atoms with Gasteiger partial charge in [0.25, 0.3) is 0 Å². The fourth-order valence-electron chi connectivity index (χ4n) is 2.57. The minimum Gasteiger partial charge on any atom is -0.481 e. The first-order chi connectivity index (χ1) is 8.66. The molecular weight excluding hydrogens is 230 g/mol. The van der Waals surface area contributed by atoms with Gasteiger partial charge in [0, 0.05) is 25.6 Å². The molecule has 18 heavy (non-hydrogen) atoms. The summed E-state index contributed by atoms with van der Waals surface area (Å²) in [6.45, 7) is 0. The quantitative estimate of drug-likeness (QED) is 0.873. The molecule has 1 fully saturated rings. The molecule has 1 aliphatic rings. The molecule has 0 spiro atoms. The summed E-state index contributed by atoms with van der Waals surface area (Å²) >= 11 is 0. The van der Waals surface area contributed by atoms with Crippen molar-refractivity contribution in [3.63, 3.8) is 0 Å². The molecule has 1 aliphatic carbocycles. The van der Waals surface area contributed by atoms with Gasteiger partial charge in [-0.3, -0.25) is 4.79 Å². The second-order valence-electron chi connectivity index (χ2n) is 5.04. The van der Waals surface area contributed by atoms with E-state index < -0.39 is 5.97 Å². The largest absolute Gasteiger partial charge is 0.481 e. The van der Waals surface area contributed by atoms with E-state index in [2.05, 4.69) is 11.9 Å². The third-order valence-electron chi connectivity index (χ3n) is 3.70. The van der Waals surface area contributed by atoms with Crippen molar-refractivity contribution >= 4 is 11.9 Å². The zero-order valence-corrected chi connectivity index (χ0v) is 10.9. The van der Waals surface area contributed by atoms with Gasteiger partial charge in [-0.1, -0.05) is 19.3 Å². The Bertz CT molecular complexity index is 393. The third-order valence-corrected chi connectivity index (χ3v) is 3.70. The van der Waals surface area contributed by atoms with Crippen LogP contribution in [0, 0.1) is 0 Å². The van der Waals surface area contributed by atoms with Gasteiger partial charge in [0.15, 0.2) is 5.88 Å². The normalized spacial score (nSPS) is 16.7. The molecule has 4 heteroatoms. The van der Waals surface area contributed by atoms with Crippen LogP contribution >= 0.6 is 0 Å². The summed E-state index contributed by atoms with van der Waals surface area (Å²) in [7, 11) is 2.07. The summed E-state index contributed by atoms with van der Waals surface area (Å²) in [6.07, 6.45) is 6.97. The van der Waals surface area contributed by atoms with E-state index in [1.165, 1.54) is 32.1 Å². The minimum absolute atomic E-state index is 0.125. The molecule has 1 saturated carbocycles. The van der Waals surface area contributed by atoms with Crippen molar-refractivity contribution in [1.82, 2.24) is 0 Å². The number of carboxylic acids is 1. The maximum atomic E-state index is 10.5. The number of carbonyl (C=O) groups is 1. The number of carboxylic acid groups (broad SMARTS) is 1. The molecule has 1 N–H and O–H groups in total. The average molecular weight is 251 g/mol. The molecule has 0 unspecified atom stereocenters. The summed E-state index contributed by atoms with van der Waals surface area (Å²) in [5, 5.41) is 8.64. The molecule has 0 saturated heterocycles. The summed E-state index contributed by atoms with van der Waals surface area (Å²) < 4.78 is 5.71. The van der Waals surface area contributed by atoms with E-state index in [0.29, 0.717) is 12.5 Å². The van der Waals surface area contributed by atoms with Crippen LogP contribution in [-0.4, -0.2) is 24.2 Å². The molecule has 0 aromatic carbocycles. The summed E-state index contributed by atoms with van der Waals surface area (Å²) in [5.41, 5.74) is 0. The lowest BCUT2D eigenvalue weighted by atomic mass is 9.94. The molecule has 1 aromatic rings. The molecular formula is C14H21NO3. The van der Waals surface area contributed by atoms with Crippen molar-refractivity contribution in [3.05, 3.63) is 17.9 Å². The first-order valence-corrected chi connectivity index (χ1v) is 6.70. The van der Waals surface area contributed by atoms with Crippen LogP contribution in [0.3, 0.4) is 0 Å². The number of rotatable bonds is 5. The molecule has 0 amide bonds. The highest BCUT2D eigenvalue weighted by Gasteiger charge is 2.20. The van der Waals surface area contributed by atoms with E-state index in [1.807, 2.05) is 12.1 Å². The molecule has 100 valence electrons. The van der Waals surface area contributed by atoms with Crippen LogP contribution in [0.25, 0.3) is 0 Å². The predicted octanol–water partition coefficient (Wildman–Crippen LogP) is 3.07. The minimum atomic E-state index is -0.784. The van der Waals surface area contributed by atoms with E-state index in [-0.39, 0.29) is 6.42 Å². The first kappa shape index (κ1) is 13.0. The zero-order chi connectivity index (χ0) is 13.0. The van der Waals surface area contributed by atoms with Gasteiger partial charge in [0.1, 0.15) is 5.76 Å². The molecule has 2 rings (SSSR count). The van der Waals surface area contributed by atoms with Crippen LogP contribution in [0.15, 0.2) is 16.5 Å². The van der Waals surface area contributed by atoms with Crippen molar-refractivity contribution in [1.29, 1.82) is 0 Å². The monoisotopic (exact) mass is 251 g/mol. The highest BCUT2D eigenvalue weighted by molar-refractivity contribution is 5.66. The van der Waals surface area contributed by atoms with Crippen LogP contribution in [0.1, 0.15) is 44.3 Å². The van der Waals surface area contributed by atoms with E-state index >= 15 is 0 Å². The molecule has 0 radical (unpaired) electrons. The highest BCUT2D eigenvalue weighted by atomic mass is 16.4. The van der Waals surface area contributed by atoms with Gasteiger partial charge in [-0.2, -0.15) is 0 Å². The Morgan fingerprint density at radius 2 is 2.11 bits per heavy atom. The smallest absolute Gasteiger partial charge is 0.303 e. The fourth-order valence-corrected chi connectivity index (χ4v) is 2.57. The number of aliphatic carboxylic acids is 1. The fraction of sp³-hybridized carbons (Fsp3) is 0.643. The van der Waals surface area contributed by atoms with Crippen molar-refractivity contribution in [2.24, 2.45) is 0 Å². The van der Waals surface area contributed by atoms with E-state index in [9.17, 15) is 4.79 Å². The highest BCUT2D eigenvalue weighted by Crippen LogP contribution is 2.27. The summed E-state index contributed by atoms with van der Waals surface area (Å²) in [5.74, 6) is 0.839. The summed E-state index contributed by atoms with van der Waals surface area (Å²) in [6, 6.07) is 4.40. The lowest BCUT2D eigenvalue weighted by Gasteiger charge is -2.30. The first-order valence-electron chi connectivity index (χ1n) is 6.70. The number of hydrogen-bond donors (Lipinski definition) is 1. The third kappa shape index (κ3) is 3.28. The van der Waals surface area contributed by atoms with Gasteiger partial charge >= 0.3 is 5.97 Å². The Morgan fingerprint density at radius 1 is 1.39 bits per heavy atom. The Kier molecular flexibility index (Phi) is 4.28. The van der Waals surface area contributed by atoms with E-state index in [0.717, 1.165) is 11.6 Å². The van der Waals surface area contributed by atoms with Gasteiger partial charge in [-0.15, -0.1) is 0 Å². The van der Waals surface area contributed by atoms with Crippen molar-refractivity contribution < 1.29 is 14.3 Å². The van der Waals surface area contributed by atoms with Crippen molar-refractivity contribution in [3.8, 4) is 0 Å². The molecule has 0 bridgehead atoms. The van der Waals surface area contributed by atoms with Gasteiger partial charge in [0.2, 0.25) is 0 Å². The van der Waals surface area contributed by atoms with Crippen LogP contribution in [0.5, 0.6) is 0 Å². The van der Waals surface area contributed by atoms with Gasteiger partial charge in [-0.05, 0) is 18.9 Å². The Labute approximate surface area is 108 Å². The number of furan rings is 1. The Morgan fingerprint density at radius 3 is 2.78 bits per heavy atom. The average Bonchev–Trinajstić information content (AvgIpc) is 2.85. The summed E-state index contributed by atoms with van der Waals surface area (Å²) in [4.78, 5) is 12.7. The molecule has 0 atom stereocenters. The van der Waals surface area contributed by atoms with Crippen molar-refractivity contribution in [2.75, 3.05) is 11.9 Å². The zero-order valence-electron chi connectivity index (χ0n) is 10.9. The van der Waals surface area contributed by atoms with Crippen LogP contribution in [0.2, 0.25) is 0 Å². The van der Waals surface area contributed by atoms with E-state index in [1.54, 1.807) is 0 Å². The number of anilines is 1. The standard InChI is InChI=1S/C14H21NO3/c1-15(11-5-3-2-4-6-11)13-9-7-12(18-13)8-10-14(16)17/h7,9,11H,2-6,8,10H2,1H3,(H,16,17). The molecule has 1 aromatic heterocycles.